The summed E-state index contributed by atoms with van der Waals surface area (Å²) in [6.45, 7) is -0.0181. The van der Waals surface area contributed by atoms with Crippen molar-refractivity contribution < 1.29 is 24.1 Å². The van der Waals surface area contributed by atoms with Gasteiger partial charge in [-0.05, 0) is 35.7 Å². The Morgan fingerprint density at radius 3 is 2.48 bits per heavy atom. The van der Waals surface area contributed by atoms with Gasteiger partial charge < -0.3 is 24.3 Å². The highest BCUT2D eigenvalue weighted by atomic mass is 16.6. The summed E-state index contributed by atoms with van der Waals surface area (Å²) in [5, 5.41) is 10.3. The number of carbonyl (C=O) groups is 1. The number of methoxy groups -OCH3 is 2. The number of aliphatic hydroxyl groups is 1. The van der Waals surface area contributed by atoms with E-state index in [0.717, 1.165) is 0 Å². The lowest BCUT2D eigenvalue weighted by Gasteiger charge is -2.15. The summed E-state index contributed by atoms with van der Waals surface area (Å²) in [6.07, 6.45) is -1.12. The molecule has 1 fully saturated rings. The van der Waals surface area contributed by atoms with E-state index in [1.165, 1.54) is 4.90 Å². The van der Waals surface area contributed by atoms with Crippen LogP contribution in [0.25, 0.3) is 22.0 Å². The van der Waals surface area contributed by atoms with Crippen LogP contribution in [0.3, 0.4) is 0 Å². The number of nitrogens with one attached hydrogen (secondary N) is 1. The minimum absolute atomic E-state index is 0.231. The minimum Gasteiger partial charge on any atom is -0.496 e. The van der Waals surface area contributed by atoms with Gasteiger partial charge in [-0.3, -0.25) is 9.69 Å². The van der Waals surface area contributed by atoms with Gasteiger partial charge in [-0.2, -0.15) is 0 Å². The zero-order chi connectivity index (χ0) is 20.5. The molecule has 150 valence electrons. The number of H-pyrrole nitrogens is 1. The fourth-order valence-corrected chi connectivity index (χ4v) is 3.49. The van der Waals surface area contributed by atoms with Gasteiger partial charge in [0.25, 0.3) is 5.56 Å². The summed E-state index contributed by atoms with van der Waals surface area (Å²) in [5.41, 5.74) is 1.44. The number of ether oxygens (including phenoxy) is 3. The third-order valence-electron chi connectivity index (χ3n) is 4.92. The molecule has 8 heteroatoms. The fraction of sp³-hybridized carbons (Fsp3) is 0.238. The highest BCUT2D eigenvalue weighted by Crippen LogP contribution is 2.37. The topological polar surface area (TPSA) is 101 Å². The summed E-state index contributed by atoms with van der Waals surface area (Å²) in [4.78, 5) is 29.1. The number of anilines is 1. The number of fused-ring (bicyclic) bond motifs is 1. The van der Waals surface area contributed by atoms with Gasteiger partial charge in [0.2, 0.25) is 0 Å². The number of hydrogen-bond acceptors (Lipinski definition) is 6. The lowest BCUT2D eigenvalue weighted by molar-refractivity contribution is 0.0963. The number of nitrogens with zero attached hydrogens (tertiary/aromatic N) is 1. The van der Waals surface area contributed by atoms with E-state index in [2.05, 4.69) is 4.98 Å². The van der Waals surface area contributed by atoms with Crippen molar-refractivity contribution in [3.05, 3.63) is 52.8 Å². The maximum absolute atomic E-state index is 12.8. The van der Waals surface area contributed by atoms with Crippen molar-refractivity contribution in [1.29, 1.82) is 0 Å². The van der Waals surface area contributed by atoms with Crippen LogP contribution in [0.15, 0.2) is 47.3 Å². The molecule has 1 aromatic heterocycles. The average Bonchev–Trinajstić information content (AvgIpc) is 3.13. The fourth-order valence-electron chi connectivity index (χ4n) is 3.49. The quantitative estimate of drug-likeness (QED) is 0.687. The molecule has 29 heavy (non-hydrogen) atoms. The van der Waals surface area contributed by atoms with Crippen LogP contribution in [0.2, 0.25) is 0 Å². The molecule has 4 rings (SSSR count). The normalized spacial score (nSPS) is 16.2. The van der Waals surface area contributed by atoms with Crippen molar-refractivity contribution in [2.24, 2.45) is 0 Å². The Morgan fingerprint density at radius 1 is 1.14 bits per heavy atom. The van der Waals surface area contributed by atoms with E-state index < -0.39 is 12.2 Å². The van der Waals surface area contributed by atoms with Gasteiger partial charge in [-0.15, -0.1) is 0 Å². The molecule has 1 amide bonds. The number of amides is 1. The molecule has 1 unspecified atom stereocenters. The molecule has 1 aliphatic rings. The Kier molecular flexibility index (Phi) is 4.85. The van der Waals surface area contributed by atoms with Crippen molar-refractivity contribution in [1.82, 2.24) is 4.98 Å². The molecule has 1 aliphatic heterocycles. The van der Waals surface area contributed by atoms with Crippen LogP contribution in [-0.4, -0.2) is 49.7 Å². The first-order valence-electron chi connectivity index (χ1n) is 9.03. The van der Waals surface area contributed by atoms with Gasteiger partial charge in [0.15, 0.2) is 0 Å². The average molecular weight is 396 g/mol. The van der Waals surface area contributed by atoms with Gasteiger partial charge in [-0.1, -0.05) is 12.1 Å². The largest absolute Gasteiger partial charge is 0.496 e. The number of hydrogen-bond donors (Lipinski definition) is 2. The van der Waals surface area contributed by atoms with Crippen molar-refractivity contribution in [3.63, 3.8) is 0 Å². The minimum atomic E-state index is -0.572. The molecular weight excluding hydrogens is 376 g/mol. The number of pyridine rings is 1. The van der Waals surface area contributed by atoms with Crippen LogP contribution < -0.4 is 19.9 Å². The summed E-state index contributed by atoms with van der Waals surface area (Å²) in [6, 6.07) is 12.4. The highest BCUT2D eigenvalue weighted by molar-refractivity contribution is 5.95. The second kappa shape index (κ2) is 7.48. The third-order valence-corrected chi connectivity index (χ3v) is 4.92. The Balaban J connectivity index is 1.81. The Bertz CT molecular complexity index is 1120. The number of aliphatic hydroxyl groups excluding tert-OH is 1. The van der Waals surface area contributed by atoms with Crippen LogP contribution in [0, 0.1) is 0 Å². The van der Waals surface area contributed by atoms with E-state index in [-0.39, 0.29) is 18.7 Å². The first kappa shape index (κ1) is 18.8. The highest BCUT2D eigenvalue weighted by Gasteiger charge is 2.32. The molecule has 2 aromatic carbocycles. The van der Waals surface area contributed by atoms with Gasteiger partial charge in [-0.25, -0.2) is 4.79 Å². The number of aromatic nitrogens is 1. The maximum Gasteiger partial charge on any atom is 0.414 e. The van der Waals surface area contributed by atoms with E-state index in [4.69, 9.17) is 14.2 Å². The molecule has 0 bridgehead atoms. The molecule has 0 radical (unpaired) electrons. The van der Waals surface area contributed by atoms with E-state index in [0.29, 0.717) is 39.2 Å². The Hall–Kier alpha value is -3.52. The summed E-state index contributed by atoms with van der Waals surface area (Å²) in [5.74, 6) is 1.15. The molecule has 2 heterocycles. The molecule has 0 saturated carbocycles. The van der Waals surface area contributed by atoms with Crippen LogP contribution >= 0.6 is 0 Å². The molecule has 1 atom stereocenters. The number of benzene rings is 2. The lowest BCUT2D eigenvalue weighted by atomic mass is 10.0. The second-order valence-corrected chi connectivity index (χ2v) is 6.62. The Morgan fingerprint density at radius 2 is 1.86 bits per heavy atom. The van der Waals surface area contributed by atoms with Crippen molar-refractivity contribution in [2.45, 2.75) is 6.10 Å². The molecule has 0 spiro atoms. The molecular formula is C21H20N2O6. The lowest BCUT2D eigenvalue weighted by Crippen LogP contribution is -2.25. The monoisotopic (exact) mass is 396 g/mol. The van der Waals surface area contributed by atoms with Crippen LogP contribution in [0.5, 0.6) is 11.5 Å². The standard InChI is InChI=1S/C21H20N2O6/c1-27-17-4-3-5-18(28-2)19(17)16-8-12-6-7-13(9-15(12)20(25)22-16)23-10-14(11-24)29-21(23)26/h3-9,14,24H,10-11H2,1-2H3,(H,22,25). The smallest absolute Gasteiger partial charge is 0.414 e. The number of rotatable bonds is 5. The predicted octanol–water partition coefficient (Wildman–Crippen LogP) is 2.53. The molecule has 3 aromatic rings. The second-order valence-electron chi connectivity index (χ2n) is 6.62. The summed E-state index contributed by atoms with van der Waals surface area (Å²) >= 11 is 0. The van der Waals surface area contributed by atoms with Gasteiger partial charge in [0.05, 0.1) is 38.6 Å². The molecule has 1 saturated heterocycles. The van der Waals surface area contributed by atoms with E-state index in [1.54, 1.807) is 50.6 Å². The van der Waals surface area contributed by atoms with Gasteiger partial charge in [0, 0.05) is 11.1 Å². The van der Waals surface area contributed by atoms with E-state index in [9.17, 15) is 14.7 Å². The SMILES string of the molecule is COc1cccc(OC)c1-c1cc2ccc(N3CC(CO)OC3=O)cc2c(=O)[nH]1. The zero-order valence-corrected chi connectivity index (χ0v) is 16.0. The van der Waals surface area contributed by atoms with Gasteiger partial charge >= 0.3 is 6.09 Å². The predicted molar refractivity (Wildman–Crippen MR) is 108 cm³/mol. The number of carbonyl (C=O) groups excluding carboxylic acids is 1. The maximum atomic E-state index is 12.8. The summed E-state index contributed by atoms with van der Waals surface area (Å²) in [7, 11) is 3.11. The van der Waals surface area contributed by atoms with Crippen molar-refractivity contribution in [3.8, 4) is 22.8 Å². The van der Waals surface area contributed by atoms with Crippen LogP contribution in [-0.2, 0) is 4.74 Å². The van der Waals surface area contributed by atoms with Gasteiger partial charge in [0.1, 0.15) is 17.6 Å². The van der Waals surface area contributed by atoms with Crippen molar-refractivity contribution in [2.75, 3.05) is 32.3 Å². The van der Waals surface area contributed by atoms with Crippen molar-refractivity contribution >= 4 is 22.6 Å². The summed E-state index contributed by atoms with van der Waals surface area (Å²) < 4.78 is 15.9. The third kappa shape index (κ3) is 3.27. The number of cyclic esters (lactones) is 1. The van der Waals surface area contributed by atoms with E-state index >= 15 is 0 Å². The number of aromatic amines is 1. The Labute approximate surface area is 166 Å². The molecule has 2 N–H and O–H groups in total. The molecule has 0 aliphatic carbocycles. The van der Waals surface area contributed by atoms with Crippen LogP contribution in [0.4, 0.5) is 10.5 Å². The van der Waals surface area contributed by atoms with Crippen LogP contribution in [0.1, 0.15) is 0 Å². The first-order chi connectivity index (χ1) is 14.0. The van der Waals surface area contributed by atoms with E-state index in [1.807, 2.05) is 6.07 Å². The molecule has 8 nitrogen and oxygen atoms in total. The first-order valence-corrected chi connectivity index (χ1v) is 9.03. The zero-order valence-electron chi connectivity index (χ0n) is 16.0.